The molecule has 0 radical (unpaired) electrons. The highest BCUT2D eigenvalue weighted by Gasteiger charge is 2.33. The van der Waals surface area contributed by atoms with Crippen molar-refractivity contribution in [3.05, 3.63) is 22.4 Å². The summed E-state index contributed by atoms with van der Waals surface area (Å²) in [6, 6.07) is 5.28. The third-order valence-electron chi connectivity index (χ3n) is 3.72. The molecule has 1 aliphatic heterocycles. The van der Waals surface area contributed by atoms with E-state index in [-0.39, 0.29) is 6.04 Å². The van der Waals surface area contributed by atoms with Gasteiger partial charge in [0, 0.05) is 23.5 Å². The lowest BCUT2D eigenvalue weighted by molar-refractivity contribution is -0.0701. The largest absolute Gasteiger partial charge is 0.376 e. The highest BCUT2D eigenvalue weighted by Crippen LogP contribution is 2.32. The third-order valence-corrected chi connectivity index (χ3v) is 4.67. The fourth-order valence-electron chi connectivity index (χ4n) is 2.62. The SMILES string of the molecule is CCC(N)C(c1cccs1)N1CC(C)OCC1C. The summed E-state index contributed by atoms with van der Waals surface area (Å²) in [5.74, 6) is 0. The van der Waals surface area contributed by atoms with Gasteiger partial charge in [0.15, 0.2) is 0 Å². The standard InChI is InChI=1S/C14H24N2OS/c1-4-12(15)14(13-6-5-7-18-13)16-8-11(3)17-9-10(16)2/h5-7,10-12,14H,4,8-9,15H2,1-3H3. The lowest BCUT2D eigenvalue weighted by Crippen LogP contribution is -2.52. The van der Waals surface area contributed by atoms with Crippen LogP contribution in [0.4, 0.5) is 0 Å². The minimum atomic E-state index is 0.191. The number of hydrogen-bond donors (Lipinski definition) is 1. The number of nitrogens with two attached hydrogens (primary N) is 1. The Hall–Kier alpha value is -0.420. The molecule has 102 valence electrons. The zero-order valence-electron chi connectivity index (χ0n) is 11.5. The topological polar surface area (TPSA) is 38.5 Å². The maximum atomic E-state index is 6.37. The first-order valence-electron chi connectivity index (χ1n) is 6.79. The molecule has 4 unspecified atom stereocenters. The highest BCUT2D eigenvalue weighted by molar-refractivity contribution is 7.10. The van der Waals surface area contributed by atoms with Crippen LogP contribution >= 0.6 is 11.3 Å². The molecular formula is C14H24N2OS. The molecule has 2 N–H and O–H groups in total. The van der Waals surface area contributed by atoms with Crippen LogP contribution in [-0.4, -0.2) is 36.2 Å². The second-order valence-corrected chi connectivity index (χ2v) is 6.20. The molecule has 1 aliphatic rings. The van der Waals surface area contributed by atoms with E-state index in [1.54, 1.807) is 0 Å². The molecular weight excluding hydrogens is 244 g/mol. The Morgan fingerprint density at radius 2 is 2.33 bits per heavy atom. The van der Waals surface area contributed by atoms with Gasteiger partial charge in [-0.1, -0.05) is 13.0 Å². The number of nitrogens with zero attached hydrogens (tertiary/aromatic N) is 1. The maximum Gasteiger partial charge on any atom is 0.0675 e. The molecule has 18 heavy (non-hydrogen) atoms. The van der Waals surface area contributed by atoms with Crippen molar-refractivity contribution in [2.75, 3.05) is 13.2 Å². The van der Waals surface area contributed by atoms with Gasteiger partial charge in [-0.3, -0.25) is 4.90 Å². The molecule has 0 bridgehead atoms. The molecule has 0 saturated carbocycles. The van der Waals surface area contributed by atoms with Crippen LogP contribution in [0.25, 0.3) is 0 Å². The molecule has 0 aromatic carbocycles. The number of hydrogen-bond acceptors (Lipinski definition) is 4. The van der Waals surface area contributed by atoms with E-state index in [9.17, 15) is 0 Å². The Labute approximate surface area is 114 Å². The van der Waals surface area contributed by atoms with Crippen LogP contribution in [0.5, 0.6) is 0 Å². The average Bonchev–Trinajstić information content (AvgIpc) is 2.87. The summed E-state index contributed by atoms with van der Waals surface area (Å²) in [6.07, 6.45) is 1.30. The summed E-state index contributed by atoms with van der Waals surface area (Å²) in [5.41, 5.74) is 6.37. The Morgan fingerprint density at radius 3 is 2.94 bits per heavy atom. The summed E-state index contributed by atoms with van der Waals surface area (Å²) in [5, 5.41) is 2.14. The molecule has 0 spiro atoms. The molecule has 0 aliphatic carbocycles. The normalized spacial score (nSPS) is 29.1. The smallest absolute Gasteiger partial charge is 0.0675 e. The first kappa shape index (κ1) is 14.0. The van der Waals surface area contributed by atoms with Gasteiger partial charge in [0.05, 0.1) is 18.8 Å². The van der Waals surface area contributed by atoms with Gasteiger partial charge in [0.2, 0.25) is 0 Å². The van der Waals surface area contributed by atoms with Crippen LogP contribution in [0, 0.1) is 0 Å². The van der Waals surface area contributed by atoms with E-state index in [2.05, 4.69) is 43.2 Å². The maximum absolute atomic E-state index is 6.37. The van der Waals surface area contributed by atoms with Crippen molar-refractivity contribution in [1.82, 2.24) is 4.90 Å². The number of morpholine rings is 1. The summed E-state index contributed by atoms with van der Waals surface area (Å²) < 4.78 is 5.72. The molecule has 1 aromatic rings. The van der Waals surface area contributed by atoms with Crippen LogP contribution in [-0.2, 0) is 4.74 Å². The van der Waals surface area contributed by atoms with Crippen molar-refractivity contribution in [3.63, 3.8) is 0 Å². The molecule has 1 aromatic heterocycles. The fourth-order valence-corrected chi connectivity index (χ4v) is 3.54. The van der Waals surface area contributed by atoms with Crippen LogP contribution < -0.4 is 5.73 Å². The monoisotopic (exact) mass is 268 g/mol. The summed E-state index contributed by atoms with van der Waals surface area (Å²) >= 11 is 1.81. The Kier molecular flexibility index (Phi) is 4.78. The van der Waals surface area contributed by atoms with Gasteiger partial charge in [-0.05, 0) is 31.7 Å². The van der Waals surface area contributed by atoms with Gasteiger partial charge >= 0.3 is 0 Å². The summed E-state index contributed by atoms with van der Waals surface area (Å²) in [4.78, 5) is 3.90. The number of rotatable bonds is 4. The summed E-state index contributed by atoms with van der Waals surface area (Å²) in [6.45, 7) is 8.31. The average molecular weight is 268 g/mol. The highest BCUT2D eigenvalue weighted by atomic mass is 32.1. The first-order chi connectivity index (χ1) is 8.63. The molecule has 2 heterocycles. The van der Waals surface area contributed by atoms with Crippen LogP contribution in [0.2, 0.25) is 0 Å². The van der Waals surface area contributed by atoms with Gasteiger partial charge in [-0.15, -0.1) is 11.3 Å². The van der Waals surface area contributed by atoms with E-state index in [1.807, 2.05) is 11.3 Å². The van der Waals surface area contributed by atoms with Crippen LogP contribution in [0.3, 0.4) is 0 Å². The molecule has 1 fully saturated rings. The predicted molar refractivity (Wildman–Crippen MR) is 76.9 cm³/mol. The molecule has 1 saturated heterocycles. The van der Waals surface area contributed by atoms with E-state index < -0.39 is 0 Å². The van der Waals surface area contributed by atoms with E-state index in [1.165, 1.54) is 4.88 Å². The number of thiophene rings is 1. The Morgan fingerprint density at radius 1 is 1.56 bits per heavy atom. The molecule has 0 amide bonds. The van der Waals surface area contributed by atoms with E-state index in [4.69, 9.17) is 10.5 Å². The van der Waals surface area contributed by atoms with Gasteiger partial charge < -0.3 is 10.5 Å². The van der Waals surface area contributed by atoms with Crippen LogP contribution in [0.15, 0.2) is 17.5 Å². The second kappa shape index (κ2) is 6.15. The van der Waals surface area contributed by atoms with Crippen LogP contribution in [0.1, 0.15) is 38.1 Å². The summed E-state index contributed by atoms with van der Waals surface area (Å²) in [7, 11) is 0. The zero-order valence-corrected chi connectivity index (χ0v) is 12.3. The molecule has 4 atom stereocenters. The minimum absolute atomic E-state index is 0.191. The lowest BCUT2D eigenvalue weighted by Gasteiger charge is -2.43. The van der Waals surface area contributed by atoms with E-state index in [0.717, 1.165) is 19.6 Å². The molecule has 3 nitrogen and oxygen atoms in total. The van der Waals surface area contributed by atoms with Gasteiger partial charge in [-0.2, -0.15) is 0 Å². The van der Waals surface area contributed by atoms with E-state index >= 15 is 0 Å². The van der Waals surface area contributed by atoms with E-state index in [0.29, 0.717) is 18.2 Å². The van der Waals surface area contributed by atoms with Crippen molar-refractivity contribution >= 4 is 11.3 Å². The first-order valence-corrected chi connectivity index (χ1v) is 7.67. The van der Waals surface area contributed by atoms with Crippen molar-refractivity contribution in [2.45, 2.75) is 51.4 Å². The lowest BCUT2D eigenvalue weighted by atomic mass is 10.00. The second-order valence-electron chi connectivity index (χ2n) is 5.22. The zero-order chi connectivity index (χ0) is 13.1. The van der Waals surface area contributed by atoms with Gasteiger partial charge in [0.1, 0.15) is 0 Å². The van der Waals surface area contributed by atoms with Crippen molar-refractivity contribution < 1.29 is 4.74 Å². The molecule has 2 rings (SSSR count). The fraction of sp³-hybridized carbons (Fsp3) is 0.714. The van der Waals surface area contributed by atoms with Gasteiger partial charge in [0.25, 0.3) is 0 Å². The van der Waals surface area contributed by atoms with Crippen molar-refractivity contribution in [1.29, 1.82) is 0 Å². The quantitative estimate of drug-likeness (QED) is 0.912. The number of ether oxygens (including phenoxy) is 1. The Bertz CT molecular complexity index is 355. The van der Waals surface area contributed by atoms with Crippen molar-refractivity contribution in [2.24, 2.45) is 5.73 Å². The molecule has 4 heteroatoms. The minimum Gasteiger partial charge on any atom is -0.376 e. The van der Waals surface area contributed by atoms with Crippen molar-refractivity contribution in [3.8, 4) is 0 Å². The van der Waals surface area contributed by atoms with Gasteiger partial charge in [-0.25, -0.2) is 0 Å². The third kappa shape index (κ3) is 2.94. The Balaban J connectivity index is 2.22. The predicted octanol–water partition coefficient (Wildman–Crippen LogP) is 2.64.